The van der Waals surface area contributed by atoms with E-state index < -0.39 is 17.7 Å². The maximum atomic E-state index is 13.0. The fraction of sp³-hybridized carbons (Fsp3) is 0.500. The summed E-state index contributed by atoms with van der Waals surface area (Å²) in [5, 5.41) is 9.81. The number of hydrogen-bond donors (Lipinski definition) is 1. The first-order chi connectivity index (χ1) is 10.9. The molecule has 0 radical (unpaired) electrons. The molecule has 1 aromatic rings. The molecule has 23 heavy (non-hydrogen) atoms. The van der Waals surface area contributed by atoms with Crippen LogP contribution >= 0.6 is 11.6 Å². The largest absolute Gasteiger partial charge is 0.480 e. The van der Waals surface area contributed by atoms with Crippen molar-refractivity contribution in [2.24, 2.45) is 0 Å². The zero-order valence-corrected chi connectivity index (χ0v) is 13.6. The summed E-state index contributed by atoms with van der Waals surface area (Å²) in [6.45, 7) is 1.51. The lowest BCUT2D eigenvalue weighted by Crippen LogP contribution is -2.57. The highest BCUT2D eigenvalue weighted by atomic mass is 35.5. The molecule has 0 bridgehead atoms. The van der Waals surface area contributed by atoms with Gasteiger partial charge in [-0.05, 0) is 19.2 Å². The second-order valence-electron chi connectivity index (χ2n) is 6.07. The molecule has 7 heteroatoms. The Morgan fingerprint density at radius 3 is 2.57 bits per heavy atom. The van der Waals surface area contributed by atoms with E-state index in [0.29, 0.717) is 23.4 Å². The zero-order valence-electron chi connectivity index (χ0n) is 12.9. The highest BCUT2D eigenvalue weighted by Crippen LogP contribution is 2.38. The molecule has 2 heterocycles. The molecule has 2 aliphatic heterocycles. The number of piperidine rings is 1. The van der Waals surface area contributed by atoms with Crippen molar-refractivity contribution in [1.82, 2.24) is 9.80 Å². The number of hydrogen-bond acceptors (Lipinski definition) is 4. The first-order valence-electron chi connectivity index (χ1n) is 7.58. The Kier molecular flexibility index (Phi) is 4.31. The van der Waals surface area contributed by atoms with Gasteiger partial charge in [0.1, 0.15) is 5.72 Å². The number of halogens is 1. The number of carbonyl (C=O) groups is 2. The quantitative estimate of drug-likeness (QED) is 0.888. The van der Waals surface area contributed by atoms with Crippen molar-refractivity contribution in [3.63, 3.8) is 0 Å². The Bertz CT molecular complexity index is 628. The van der Waals surface area contributed by atoms with Gasteiger partial charge >= 0.3 is 5.97 Å². The minimum absolute atomic E-state index is 0.00917. The average Bonchev–Trinajstić information content (AvgIpc) is 2.90. The maximum absolute atomic E-state index is 13.0. The summed E-state index contributed by atoms with van der Waals surface area (Å²) in [5.41, 5.74) is -0.546. The Labute approximate surface area is 139 Å². The van der Waals surface area contributed by atoms with Gasteiger partial charge in [-0.15, -0.1) is 0 Å². The van der Waals surface area contributed by atoms with Crippen LogP contribution in [0, 0.1) is 0 Å². The van der Waals surface area contributed by atoms with Crippen molar-refractivity contribution in [2.45, 2.75) is 24.6 Å². The number of carboxylic acid groups (broad SMARTS) is 1. The van der Waals surface area contributed by atoms with E-state index >= 15 is 0 Å². The molecule has 1 atom stereocenters. The van der Waals surface area contributed by atoms with Gasteiger partial charge in [0, 0.05) is 25.9 Å². The third-order valence-electron chi connectivity index (χ3n) is 4.64. The van der Waals surface area contributed by atoms with Gasteiger partial charge in [-0.25, -0.2) is 4.79 Å². The van der Waals surface area contributed by atoms with Crippen LogP contribution < -0.4 is 0 Å². The van der Waals surface area contributed by atoms with E-state index in [4.69, 9.17) is 16.3 Å². The van der Waals surface area contributed by atoms with Crippen LogP contribution in [-0.4, -0.2) is 65.3 Å². The Hall–Kier alpha value is -1.63. The number of aliphatic carboxylic acids is 1. The van der Waals surface area contributed by atoms with Crippen molar-refractivity contribution < 1.29 is 19.4 Å². The second kappa shape index (κ2) is 6.11. The minimum Gasteiger partial charge on any atom is -0.480 e. The van der Waals surface area contributed by atoms with E-state index in [1.165, 1.54) is 4.90 Å². The first kappa shape index (κ1) is 16.2. The predicted octanol–water partition coefficient (Wildman–Crippen LogP) is 1.69. The number of rotatable bonds is 2. The lowest BCUT2D eigenvalue weighted by molar-refractivity contribution is -0.143. The van der Waals surface area contributed by atoms with Crippen LogP contribution in [0.15, 0.2) is 24.3 Å². The lowest BCUT2D eigenvalue weighted by Gasteiger charge is -2.43. The van der Waals surface area contributed by atoms with Crippen molar-refractivity contribution in [1.29, 1.82) is 0 Å². The second-order valence-corrected chi connectivity index (χ2v) is 6.48. The molecule has 1 aromatic carbocycles. The summed E-state index contributed by atoms with van der Waals surface area (Å²) < 4.78 is 5.85. The van der Waals surface area contributed by atoms with Gasteiger partial charge < -0.3 is 14.7 Å². The summed E-state index contributed by atoms with van der Waals surface area (Å²) >= 11 is 6.13. The number of benzene rings is 1. The SMILES string of the molecule is CN1CCC2(CC1)OCC(C(=O)O)N2C(=O)c1ccccc1Cl. The highest BCUT2D eigenvalue weighted by molar-refractivity contribution is 6.33. The standard InChI is InChI=1S/C16H19ClN2O4/c1-18-8-6-16(7-9-18)19(13(10-23-16)15(21)22)14(20)11-4-2-3-5-12(11)17/h2-5,13H,6-10H2,1H3,(H,21,22). The van der Waals surface area contributed by atoms with Gasteiger partial charge in [-0.3, -0.25) is 9.69 Å². The molecule has 3 rings (SSSR count). The molecule has 2 fully saturated rings. The minimum atomic E-state index is -1.05. The number of carbonyl (C=O) groups excluding carboxylic acids is 1. The van der Waals surface area contributed by atoms with Crippen LogP contribution in [0.3, 0.4) is 0 Å². The fourth-order valence-electron chi connectivity index (χ4n) is 3.29. The number of likely N-dealkylation sites (tertiary alicyclic amines) is 1. The molecular weight excluding hydrogens is 320 g/mol. The topological polar surface area (TPSA) is 70.1 Å². The predicted molar refractivity (Wildman–Crippen MR) is 84.5 cm³/mol. The van der Waals surface area contributed by atoms with E-state index in [1.807, 2.05) is 7.05 Å². The van der Waals surface area contributed by atoms with E-state index in [9.17, 15) is 14.7 Å². The van der Waals surface area contributed by atoms with Gasteiger partial charge in [0.2, 0.25) is 0 Å². The van der Waals surface area contributed by atoms with Gasteiger partial charge in [0.05, 0.1) is 17.2 Å². The number of ether oxygens (including phenoxy) is 1. The van der Waals surface area contributed by atoms with Crippen LogP contribution in [0.2, 0.25) is 5.02 Å². The summed E-state index contributed by atoms with van der Waals surface area (Å²) in [5.74, 6) is -1.44. The van der Waals surface area contributed by atoms with Crippen LogP contribution in [0.5, 0.6) is 0 Å². The van der Waals surface area contributed by atoms with Crippen molar-refractivity contribution in [2.75, 3.05) is 26.7 Å². The normalized spacial score (nSPS) is 24.1. The third kappa shape index (κ3) is 2.82. The molecule has 0 saturated carbocycles. The average molecular weight is 339 g/mol. The Morgan fingerprint density at radius 1 is 1.30 bits per heavy atom. The summed E-state index contributed by atoms with van der Waals surface area (Å²) in [6, 6.07) is 5.71. The van der Waals surface area contributed by atoms with Gasteiger partial charge in [0.25, 0.3) is 5.91 Å². The number of carboxylic acids is 1. The number of nitrogens with zero attached hydrogens (tertiary/aromatic N) is 2. The Balaban J connectivity index is 1.98. The van der Waals surface area contributed by atoms with Gasteiger partial charge in [-0.1, -0.05) is 23.7 Å². The third-order valence-corrected chi connectivity index (χ3v) is 4.97. The van der Waals surface area contributed by atoms with Gasteiger partial charge in [0.15, 0.2) is 6.04 Å². The van der Waals surface area contributed by atoms with E-state index in [2.05, 4.69) is 4.90 Å². The van der Waals surface area contributed by atoms with Crippen LogP contribution in [0.4, 0.5) is 0 Å². The molecular formula is C16H19ClN2O4. The van der Waals surface area contributed by atoms with E-state index in [-0.39, 0.29) is 12.5 Å². The molecule has 2 aliphatic rings. The smallest absolute Gasteiger partial charge is 0.328 e. The Morgan fingerprint density at radius 2 is 1.96 bits per heavy atom. The molecule has 124 valence electrons. The van der Waals surface area contributed by atoms with Crippen LogP contribution in [0.1, 0.15) is 23.2 Å². The molecule has 1 unspecified atom stereocenters. The summed E-state index contributed by atoms with van der Waals surface area (Å²) in [4.78, 5) is 28.2. The fourth-order valence-corrected chi connectivity index (χ4v) is 3.50. The van der Waals surface area contributed by atoms with Crippen LogP contribution in [-0.2, 0) is 9.53 Å². The molecule has 6 nitrogen and oxygen atoms in total. The molecule has 1 N–H and O–H groups in total. The molecule has 1 amide bonds. The molecule has 2 saturated heterocycles. The molecule has 1 spiro atoms. The van der Waals surface area contributed by atoms with Crippen molar-refractivity contribution >= 4 is 23.5 Å². The monoisotopic (exact) mass is 338 g/mol. The van der Waals surface area contributed by atoms with Gasteiger partial charge in [-0.2, -0.15) is 0 Å². The maximum Gasteiger partial charge on any atom is 0.328 e. The van der Waals surface area contributed by atoms with E-state index in [1.54, 1.807) is 24.3 Å². The highest BCUT2D eigenvalue weighted by Gasteiger charge is 2.53. The van der Waals surface area contributed by atoms with Crippen molar-refractivity contribution in [3.8, 4) is 0 Å². The zero-order chi connectivity index (χ0) is 16.6. The molecule has 0 aromatic heterocycles. The summed E-state index contributed by atoms with van der Waals surface area (Å²) in [6.07, 6.45) is 1.17. The van der Waals surface area contributed by atoms with Crippen LogP contribution in [0.25, 0.3) is 0 Å². The summed E-state index contributed by atoms with van der Waals surface area (Å²) in [7, 11) is 2.00. The molecule has 0 aliphatic carbocycles. The number of amides is 1. The van der Waals surface area contributed by atoms with E-state index in [0.717, 1.165) is 13.1 Å². The lowest BCUT2D eigenvalue weighted by atomic mass is 9.97. The van der Waals surface area contributed by atoms with Crippen molar-refractivity contribution in [3.05, 3.63) is 34.9 Å². The first-order valence-corrected chi connectivity index (χ1v) is 7.96.